The van der Waals surface area contributed by atoms with Gasteiger partial charge in [-0.25, -0.2) is 28.1 Å². The average Bonchev–Trinajstić information content (AvgIpc) is 3.21. The van der Waals surface area contributed by atoms with Crippen molar-refractivity contribution in [1.82, 2.24) is 19.9 Å². The van der Waals surface area contributed by atoms with Crippen LogP contribution in [0.4, 0.5) is 14.5 Å². The monoisotopic (exact) mass is 814 g/mol. The summed E-state index contributed by atoms with van der Waals surface area (Å²) in [6.45, 7) is 0. The van der Waals surface area contributed by atoms with Crippen LogP contribution < -0.4 is 14.8 Å². The number of para-hydroxylation sites is 2. The first-order chi connectivity index (χ1) is 27.6. The molecule has 0 saturated heterocycles. The second-order valence-corrected chi connectivity index (χ2v) is 13.2. The maximum Gasteiger partial charge on any atom is 0.525 e. The standard InChI is InChI=1S/C15H9FN2O2.C14H10FN3.C12H10N3O3P.2CH4/c16-10-3-1-2-9(6-10)14-7-11(15(19)20)12-8-17-5-4-13(12)18-14;15-10-3-1-2-9(6-10)14-7-12(16)11-8-17-5-4-13(11)18-14;13-14-15-19(16,17-11-7-3-1-4-8-11)18-12-9-5-2-6-10-12;;/h1-8H,(H,19,20);1-8H,(H2,16,18);1-10H;2*1H4. The van der Waals surface area contributed by atoms with Gasteiger partial charge < -0.3 is 19.9 Å². The predicted molar refractivity (Wildman–Crippen MR) is 226 cm³/mol. The first-order valence-corrected chi connectivity index (χ1v) is 18.3. The molecule has 4 aromatic heterocycles. The van der Waals surface area contributed by atoms with E-state index in [1.807, 2.05) is 0 Å². The highest BCUT2D eigenvalue weighted by Crippen LogP contribution is 2.50. The molecular formula is C43H37F2N8O5P. The van der Waals surface area contributed by atoms with Gasteiger partial charge in [0.05, 0.1) is 28.0 Å². The average molecular weight is 815 g/mol. The third-order valence-corrected chi connectivity index (χ3v) is 8.98. The number of fused-ring (bicyclic) bond motifs is 2. The number of aromatic nitrogens is 4. The number of nitrogens with two attached hydrogens (primary N) is 1. The number of hydrogen-bond donors (Lipinski definition) is 2. The molecule has 0 spiro atoms. The maximum atomic E-state index is 13.3. The van der Waals surface area contributed by atoms with Crippen molar-refractivity contribution in [3.8, 4) is 34.0 Å². The number of carboxylic acids is 1. The van der Waals surface area contributed by atoms with Gasteiger partial charge >= 0.3 is 13.7 Å². The van der Waals surface area contributed by atoms with Gasteiger partial charge in [-0.05, 0) is 78.3 Å². The van der Waals surface area contributed by atoms with Crippen molar-refractivity contribution in [3.05, 3.63) is 186 Å². The Bertz CT molecular complexity index is 2730. The van der Waals surface area contributed by atoms with Crippen LogP contribution in [0.1, 0.15) is 25.2 Å². The Kier molecular flexibility index (Phi) is 15.2. The van der Waals surface area contributed by atoms with Gasteiger partial charge in [0.15, 0.2) is 0 Å². The Labute approximate surface area is 338 Å². The summed E-state index contributed by atoms with van der Waals surface area (Å²) in [7, 11) is -3.95. The number of rotatable bonds is 8. The minimum atomic E-state index is -3.95. The van der Waals surface area contributed by atoms with Crippen LogP contribution in [0.5, 0.6) is 11.5 Å². The molecule has 0 radical (unpaired) electrons. The Morgan fingerprint density at radius 3 is 1.63 bits per heavy atom. The van der Waals surface area contributed by atoms with Crippen LogP contribution in [0, 0.1) is 11.6 Å². The van der Waals surface area contributed by atoms with Crippen LogP contribution in [-0.2, 0) is 4.57 Å². The smallest absolute Gasteiger partial charge is 0.478 e. The van der Waals surface area contributed by atoms with Gasteiger partial charge in [-0.3, -0.25) is 9.97 Å². The number of nitrogen functional groups attached to an aromatic ring is 1. The van der Waals surface area contributed by atoms with Gasteiger partial charge in [0, 0.05) is 62.2 Å². The molecule has 0 unspecified atom stereocenters. The molecule has 0 bridgehead atoms. The van der Waals surface area contributed by atoms with Crippen LogP contribution in [0.15, 0.2) is 163 Å². The molecule has 0 atom stereocenters. The SMILES string of the molecule is C.C.Nc1cc(-c2cccc(F)c2)nc2ccncc12.O=C(O)c1cc(-c2cccc(F)c2)nc2ccncc12.[N-]=[N+]=NP(=O)(Oc1ccccc1)Oc1ccccc1. The molecule has 0 fully saturated rings. The lowest BCUT2D eigenvalue weighted by Crippen LogP contribution is -2.00. The molecule has 0 aliphatic heterocycles. The van der Waals surface area contributed by atoms with Crippen molar-refractivity contribution in [2.75, 3.05) is 5.73 Å². The molecule has 0 aliphatic rings. The normalized spacial score (nSPS) is 10.2. The number of benzene rings is 4. The Balaban J connectivity index is 0.000000192. The van der Waals surface area contributed by atoms with Crippen molar-refractivity contribution in [2.45, 2.75) is 14.9 Å². The van der Waals surface area contributed by atoms with Crippen molar-refractivity contribution in [3.63, 3.8) is 0 Å². The van der Waals surface area contributed by atoms with Gasteiger partial charge in [-0.2, -0.15) is 0 Å². The van der Waals surface area contributed by atoms with Gasteiger partial charge in [0.1, 0.15) is 23.1 Å². The van der Waals surface area contributed by atoms with E-state index in [9.17, 15) is 23.2 Å². The van der Waals surface area contributed by atoms with Gasteiger partial charge in [0.25, 0.3) is 0 Å². The molecule has 4 heterocycles. The minimum absolute atomic E-state index is 0. The molecule has 8 rings (SSSR count). The molecule has 13 nitrogen and oxygen atoms in total. The number of anilines is 1. The van der Waals surface area contributed by atoms with Crippen molar-refractivity contribution >= 4 is 41.2 Å². The zero-order valence-electron chi connectivity index (χ0n) is 29.5. The summed E-state index contributed by atoms with van der Waals surface area (Å²) in [5.74, 6) is -1.15. The minimum Gasteiger partial charge on any atom is -0.478 e. The van der Waals surface area contributed by atoms with E-state index in [1.165, 1.54) is 42.7 Å². The fraction of sp³-hybridized carbons (Fsp3) is 0.0465. The van der Waals surface area contributed by atoms with E-state index in [0.29, 0.717) is 50.6 Å². The number of halogens is 2. The summed E-state index contributed by atoms with van der Waals surface area (Å²) in [4.78, 5) is 33.7. The predicted octanol–water partition coefficient (Wildman–Crippen LogP) is 12.0. The largest absolute Gasteiger partial charge is 0.525 e. The highest BCUT2D eigenvalue weighted by atomic mass is 31.2. The highest BCUT2D eigenvalue weighted by Gasteiger charge is 2.26. The van der Waals surface area contributed by atoms with E-state index in [-0.39, 0.29) is 26.2 Å². The fourth-order valence-electron chi connectivity index (χ4n) is 5.26. The van der Waals surface area contributed by atoms with E-state index in [0.717, 1.165) is 10.9 Å². The second kappa shape index (κ2) is 20.4. The molecule has 0 saturated carbocycles. The molecule has 59 heavy (non-hydrogen) atoms. The molecule has 3 N–H and O–H groups in total. The van der Waals surface area contributed by atoms with Crippen LogP contribution >= 0.6 is 7.75 Å². The highest BCUT2D eigenvalue weighted by molar-refractivity contribution is 7.53. The van der Waals surface area contributed by atoms with E-state index in [4.69, 9.17) is 20.3 Å². The molecule has 298 valence electrons. The number of nitrogens with zero attached hydrogens (tertiary/aromatic N) is 7. The number of aromatic carboxylic acids is 1. The van der Waals surface area contributed by atoms with Gasteiger partial charge in [-0.15, -0.1) is 0 Å². The maximum absolute atomic E-state index is 13.3. The second-order valence-electron chi connectivity index (χ2n) is 11.7. The van der Waals surface area contributed by atoms with Crippen molar-refractivity contribution in [1.29, 1.82) is 0 Å². The molecule has 16 heteroatoms. The van der Waals surface area contributed by atoms with E-state index >= 15 is 0 Å². The number of carboxylic acid groups (broad SMARTS) is 1. The summed E-state index contributed by atoms with van der Waals surface area (Å²) in [5.41, 5.74) is 18.7. The lowest BCUT2D eigenvalue weighted by Gasteiger charge is -2.14. The van der Waals surface area contributed by atoms with Crippen molar-refractivity contribution < 1.29 is 32.3 Å². The van der Waals surface area contributed by atoms with Crippen LogP contribution in [0.2, 0.25) is 0 Å². The van der Waals surface area contributed by atoms with Crippen LogP contribution in [0.25, 0.3) is 54.8 Å². The Morgan fingerprint density at radius 2 is 1.15 bits per heavy atom. The molecule has 0 aliphatic carbocycles. The van der Waals surface area contributed by atoms with Crippen LogP contribution in [-0.4, -0.2) is 31.0 Å². The molecular weight excluding hydrogens is 777 g/mol. The summed E-state index contributed by atoms with van der Waals surface area (Å²) >= 11 is 0. The summed E-state index contributed by atoms with van der Waals surface area (Å²) in [6, 6.07) is 35.5. The topological polar surface area (TPSA) is 199 Å². The number of carbonyl (C=O) groups is 1. The van der Waals surface area contributed by atoms with E-state index in [2.05, 4.69) is 29.7 Å². The van der Waals surface area contributed by atoms with Gasteiger partial charge in [-0.1, -0.05) is 75.5 Å². The third kappa shape index (κ3) is 11.6. The first-order valence-electron chi connectivity index (χ1n) is 16.8. The number of azide groups is 1. The summed E-state index contributed by atoms with van der Waals surface area (Å²) < 4.78 is 49.1. The summed E-state index contributed by atoms with van der Waals surface area (Å²) in [5, 5.41) is 10.5. The third-order valence-electron chi connectivity index (χ3n) is 7.80. The summed E-state index contributed by atoms with van der Waals surface area (Å²) in [6.07, 6.45) is 6.33. The Morgan fingerprint density at radius 1 is 0.678 bits per heavy atom. The zero-order valence-corrected chi connectivity index (χ0v) is 30.4. The lowest BCUT2D eigenvalue weighted by molar-refractivity contribution is 0.0699. The lowest BCUT2D eigenvalue weighted by atomic mass is 10.1. The quantitative estimate of drug-likeness (QED) is 0.0643. The van der Waals surface area contributed by atoms with E-state index < -0.39 is 19.5 Å². The Hall–Kier alpha value is -7.73. The fourth-order valence-corrected chi connectivity index (χ4v) is 6.25. The first kappa shape index (κ1) is 44.0. The van der Waals surface area contributed by atoms with Crippen molar-refractivity contribution in [2.24, 2.45) is 4.88 Å². The number of hydrogen-bond acceptors (Lipinski definition) is 9. The molecule has 4 aromatic carbocycles. The zero-order chi connectivity index (χ0) is 40.2. The van der Waals surface area contributed by atoms with Gasteiger partial charge in [0.2, 0.25) is 0 Å². The molecule has 0 amide bonds. The molecule has 8 aromatic rings. The van der Waals surface area contributed by atoms with E-state index in [1.54, 1.807) is 116 Å². The van der Waals surface area contributed by atoms with Crippen LogP contribution in [0.3, 0.4) is 0 Å². The number of pyridine rings is 4.